The van der Waals surface area contributed by atoms with Crippen LogP contribution < -0.4 is 0 Å². The Morgan fingerprint density at radius 2 is 1.86 bits per heavy atom. The first-order chi connectivity index (χ1) is 6.64. The lowest BCUT2D eigenvalue weighted by Gasteiger charge is -2.16. The topological polar surface area (TPSA) is 9.23 Å². The van der Waals surface area contributed by atoms with Crippen LogP contribution in [0, 0.1) is 0 Å². The molecule has 0 bridgehead atoms. The second kappa shape index (κ2) is 5.13. The Morgan fingerprint density at radius 1 is 1.21 bits per heavy atom. The third-order valence-electron chi connectivity index (χ3n) is 1.99. The summed E-state index contributed by atoms with van der Waals surface area (Å²) in [6, 6.07) is 10.3. The summed E-state index contributed by atoms with van der Waals surface area (Å²) in [7, 11) is -1.57. The van der Waals surface area contributed by atoms with Crippen molar-refractivity contribution < 1.29 is 4.43 Å². The van der Waals surface area contributed by atoms with Crippen molar-refractivity contribution in [3.05, 3.63) is 41.6 Å². The fraction of sp³-hybridized carbons (Fsp3) is 0.333. The summed E-state index contributed by atoms with van der Waals surface area (Å²) in [5.74, 6) is 0. The summed E-state index contributed by atoms with van der Waals surface area (Å²) in [6.07, 6.45) is 2.15. The summed E-state index contributed by atoms with van der Waals surface area (Å²) in [6.45, 7) is 7.26. The summed E-state index contributed by atoms with van der Waals surface area (Å²) in [5, 5.41) is 0. The van der Waals surface area contributed by atoms with Crippen LogP contribution in [0.1, 0.15) is 12.5 Å². The third-order valence-corrected chi connectivity index (χ3v) is 4.00. The molecule has 2 heteroatoms. The van der Waals surface area contributed by atoms with Gasteiger partial charge in [0, 0.05) is 6.61 Å². The molecule has 0 aliphatic rings. The van der Waals surface area contributed by atoms with Crippen LogP contribution in [0.5, 0.6) is 0 Å². The van der Waals surface area contributed by atoms with E-state index in [2.05, 4.69) is 49.1 Å². The summed E-state index contributed by atoms with van der Waals surface area (Å²) < 4.78 is 5.70. The lowest BCUT2D eigenvalue weighted by Crippen LogP contribution is -2.27. The second-order valence-corrected chi connectivity index (χ2v) is 7.61. The molecule has 1 rings (SSSR count). The van der Waals surface area contributed by atoms with Crippen molar-refractivity contribution in [3.63, 3.8) is 0 Å². The highest BCUT2D eigenvalue weighted by atomic mass is 28.4. The molecule has 76 valence electrons. The Balaban J connectivity index is 2.64. The number of rotatable bonds is 4. The number of benzene rings is 1. The minimum absolute atomic E-state index is 0.804. The third kappa shape index (κ3) is 3.90. The average molecular weight is 206 g/mol. The quantitative estimate of drug-likeness (QED) is 0.685. The summed E-state index contributed by atoms with van der Waals surface area (Å²) in [5.41, 5.74) is 3.47. The van der Waals surface area contributed by atoms with Crippen molar-refractivity contribution in [3.8, 4) is 0 Å². The van der Waals surface area contributed by atoms with Crippen molar-refractivity contribution in [2.24, 2.45) is 0 Å². The van der Waals surface area contributed by atoms with Gasteiger partial charge in [0.15, 0.2) is 0 Å². The molecule has 14 heavy (non-hydrogen) atoms. The van der Waals surface area contributed by atoms with Gasteiger partial charge in [0.05, 0.1) is 0 Å². The standard InChI is InChI=1S/C12H18OSi/c1-4-13-14(2,3)11-10-12-8-6-5-7-9-12/h5-11H,4H2,1-3H3. The molecule has 0 aromatic heterocycles. The highest BCUT2D eigenvalue weighted by Gasteiger charge is 2.16. The molecule has 0 spiro atoms. The molecule has 1 aromatic carbocycles. The lowest BCUT2D eigenvalue weighted by atomic mass is 10.2. The van der Waals surface area contributed by atoms with Gasteiger partial charge in [-0.15, -0.1) is 0 Å². The number of hydrogen-bond acceptors (Lipinski definition) is 1. The van der Waals surface area contributed by atoms with Crippen molar-refractivity contribution in [2.45, 2.75) is 20.0 Å². The molecule has 1 aromatic rings. The molecular weight excluding hydrogens is 188 g/mol. The molecule has 0 unspecified atom stereocenters. The molecule has 1 nitrogen and oxygen atoms in total. The van der Waals surface area contributed by atoms with E-state index in [1.807, 2.05) is 13.0 Å². The molecule has 0 fully saturated rings. The van der Waals surface area contributed by atoms with Crippen LogP contribution in [0.4, 0.5) is 0 Å². The Labute approximate surface area is 87.5 Å². The van der Waals surface area contributed by atoms with Gasteiger partial charge in [0.1, 0.15) is 0 Å². The van der Waals surface area contributed by atoms with Crippen LogP contribution in [-0.2, 0) is 4.43 Å². The van der Waals surface area contributed by atoms with E-state index in [9.17, 15) is 0 Å². The number of hydrogen-bond donors (Lipinski definition) is 0. The Kier molecular flexibility index (Phi) is 4.11. The minimum atomic E-state index is -1.57. The van der Waals surface area contributed by atoms with E-state index >= 15 is 0 Å². The van der Waals surface area contributed by atoms with Gasteiger partial charge in [-0.05, 0) is 25.6 Å². The largest absolute Gasteiger partial charge is 0.414 e. The zero-order chi connectivity index (χ0) is 10.4. The maximum Gasteiger partial charge on any atom is 0.211 e. The van der Waals surface area contributed by atoms with E-state index in [0.717, 1.165) is 6.61 Å². The molecular formula is C12H18OSi. The van der Waals surface area contributed by atoms with Gasteiger partial charge in [0.2, 0.25) is 8.32 Å². The van der Waals surface area contributed by atoms with E-state index < -0.39 is 8.32 Å². The molecule has 0 radical (unpaired) electrons. The Hall–Kier alpha value is -0.863. The van der Waals surface area contributed by atoms with E-state index in [1.54, 1.807) is 0 Å². The predicted octanol–water partition coefficient (Wildman–Crippen LogP) is 3.48. The van der Waals surface area contributed by atoms with Crippen LogP contribution in [0.15, 0.2) is 36.0 Å². The van der Waals surface area contributed by atoms with Gasteiger partial charge in [-0.3, -0.25) is 0 Å². The molecule has 0 saturated heterocycles. The summed E-state index contributed by atoms with van der Waals surface area (Å²) >= 11 is 0. The van der Waals surface area contributed by atoms with E-state index in [0.29, 0.717) is 0 Å². The average Bonchev–Trinajstić information content (AvgIpc) is 2.17. The van der Waals surface area contributed by atoms with E-state index in [1.165, 1.54) is 5.56 Å². The van der Waals surface area contributed by atoms with E-state index in [4.69, 9.17) is 4.43 Å². The molecule has 0 atom stereocenters. The van der Waals surface area contributed by atoms with Crippen LogP contribution in [-0.4, -0.2) is 14.9 Å². The predicted molar refractivity (Wildman–Crippen MR) is 64.6 cm³/mol. The van der Waals surface area contributed by atoms with Gasteiger partial charge in [-0.2, -0.15) is 0 Å². The van der Waals surface area contributed by atoms with Gasteiger partial charge in [-0.25, -0.2) is 0 Å². The van der Waals surface area contributed by atoms with Crippen molar-refractivity contribution in [1.82, 2.24) is 0 Å². The van der Waals surface area contributed by atoms with Crippen molar-refractivity contribution in [1.29, 1.82) is 0 Å². The first-order valence-electron chi connectivity index (χ1n) is 5.02. The van der Waals surface area contributed by atoms with Gasteiger partial charge < -0.3 is 4.43 Å². The summed E-state index contributed by atoms with van der Waals surface area (Å²) in [4.78, 5) is 0. The maximum absolute atomic E-state index is 5.70. The zero-order valence-corrected chi connectivity index (χ0v) is 10.2. The molecule has 0 saturated carbocycles. The Bertz CT molecular complexity index is 290. The van der Waals surface area contributed by atoms with Crippen molar-refractivity contribution >= 4 is 14.4 Å². The lowest BCUT2D eigenvalue weighted by molar-refractivity contribution is 0.338. The SMILES string of the molecule is CCO[Si](C)(C)C=Cc1ccccc1. The smallest absolute Gasteiger partial charge is 0.211 e. The Morgan fingerprint density at radius 3 is 2.43 bits per heavy atom. The minimum Gasteiger partial charge on any atom is -0.414 e. The van der Waals surface area contributed by atoms with Crippen LogP contribution in [0.3, 0.4) is 0 Å². The second-order valence-electron chi connectivity index (χ2n) is 3.78. The molecule has 0 aliphatic carbocycles. The van der Waals surface area contributed by atoms with Crippen LogP contribution in [0.2, 0.25) is 13.1 Å². The van der Waals surface area contributed by atoms with Gasteiger partial charge in [-0.1, -0.05) is 42.1 Å². The fourth-order valence-electron chi connectivity index (χ4n) is 1.28. The van der Waals surface area contributed by atoms with Gasteiger partial charge >= 0.3 is 0 Å². The van der Waals surface area contributed by atoms with Crippen LogP contribution in [0.25, 0.3) is 6.08 Å². The molecule has 0 amide bonds. The zero-order valence-electron chi connectivity index (χ0n) is 9.16. The monoisotopic (exact) mass is 206 g/mol. The van der Waals surface area contributed by atoms with Gasteiger partial charge in [0.25, 0.3) is 0 Å². The molecule has 0 heterocycles. The van der Waals surface area contributed by atoms with E-state index in [-0.39, 0.29) is 0 Å². The molecule has 0 N–H and O–H groups in total. The highest BCUT2D eigenvalue weighted by molar-refractivity contribution is 6.76. The first kappa shape index (κ1) is 11.2. The molecule has 0 aliphatic heterocycles. The normalized spacial score (nSPS) is 12.2. The maximum atomic E-state index is 5.70. The first-order valence-corrected chi connectivity index (χ1v) is 8.01. The highest BCUT2D eigenvalue weighted by Crippen LogP contribution is 2.09. The fourth-order valence-corrected chi connectivity index (χ4v) is 2.72. The van der Waals surface area contributed by atoms with Crippen LogP contribution >= 0.6 is 0 Å². The van der Waals surface area contributed by atoms with Crippen molar-refractivity contribution in [2.75, 3.05) is 6.61 Å².